The summed E-state index contributed by atoms with van der Waals surface area (Å²) in [5.74, 6) is 0. The summed E-state index contributed by atoms with van der Waals surface area (Å²) in [5, 5.41) is 3.39. The quantitative estimate of drug-likeness (QED) is 0.822. The molecular weight excluding hydrogens is 198 g/mol. The maximum absolute atomic E-state index is 5.66. The summed E-state index contributed by atoms with van der Waals surface area (Å²) in [7, 11) is 2.03. The predicted octanol–water partition coefficient (Wildman–Crippen LogP) is 2.91. The van der Waals surface area contributed by atoms with E-state index in [1.54, 1.807) is 0 Å². The summed E-state index contributed by atoms with van der Waals surface area (Å²) in [6, 6.07) is 11.1. The fourth-order valence-electron chi connectivity index (χ4n) is 2.39. The van der Waals surface area contributed by atoms with Crippen LogP contribution < -0.4 is 5.32 Å². The Morgan fingerprint density at radius 2 is 2.19 bits per heavy atom. The molecule has 0 saturated carbocycles. The van der Waals surface area contributed by atoms with Gasteiger partial charge in [-0.05, 0) is 38.3 Å². The Bertz CT molecular complexity index is 293. The van der Waals surface area contributed by atoms with Crippen molar-refractivity contribution in [2.75, 3.05) is 13.7 Å². The van der Waals surface area contributed by atoms with E-state index in [1.807, 2.05) is 7.05 Å². The molecule has 0 amide bonds. The first kappa shape index (κ1) is 11.6. The molecule has 2 nitrogen and oxygen atoms in total. The van der Waals surface area contributed by atoms with Gasteiger partial charge in [-0.2, -0.15) is 0 Å². The van der Waals surface area contributed by atoms with Crippen LogP contribution in [-0.2, 0) is 4.74 Å². The third-order valence-corrected chi connectivity index (χ3v) is 3.35. The lowest BCUT2D eigenvalue weighted by molar-refractivity contribution is 0.0998. The fourth-order valence-corrected chi connectivity index (χ4v) is 2.39. The van der Waals surface area contributed by atoms with Gasteiger partial charge in [0.25, 0.3) is 0 Å². The van der Waals surface area contributed by atoms with E-state index in [9.17, 15) is 0 Å². The Morgan fingerprint density at radius 3 is 2.81 bits per heavy atom. The van der Waals surface area contributed by atoms with Crippen molar-refractivity contribution in [3.8, 4) is 0 Å². The summed E-state index contributed by atoms with van der Waals surface area (Å²) >= 11 is 0. The van der Waals surface area contributed by atoms with Crippen molar-refractivity contribution in [3.63, 3.8) is 0 Å². The topological polar surface area (TPSA) is 21.3 Å². The highest BCUT2D eigenvalue weighted by molar-refractivity contribution is 5.18. The second kappa shape index (κ2) is 6.02. The molecule has 88 valence electrons. The molecule has 2 heteroatoms. The Labute approximate surface area is 98.0 Å². The van der Waals surface area contributed by atoms with Gasteiger partial charge in [-0.25, -0.2) is 0 Å². The van der Waals surface area contributed by atoms with E-state index >= 15 is 0 Å². The van der Waals surface area contributed by atoms with Gasteiger partial charge in [-0.3, -0.25) is 0 Å². The number of rotatable bonds is 5. The van der Waals surface area contributed by atoms with Crippen LogP contribution in [0, 0.1) is 0 Å². The monoisotopic (exact) mass is 219 g/mol. The smallest absolute Gasteiger partial charge is 0.0576 e. The molecule has 0 spiro atoms. The average Bonchev–Trinajstić information content (AvgIpc) is 2.84. The van der Waals surface area contributed by atoms with Crippen LogP contribution in [0.15, 0.2) is 30.3 Å². The van der Waals surface area contributed by atoms with Crippen molar-refractivity contribution < 1.29 is 4.74 Å². The van der Waals surface area contributed by atoms with E-state index in [2.05, 4.69) is 35.6 Å². The summed E-state index contributed by atoms with van der Waals surface area (Å²) in [5.41, 5.74) is 1.38. The van der Waals surface area contributed by atoms with Crippen LogP contribution in [0.25, 0.3) is 0 Å². The summed E-state index contributed by atoms with van der Waals surface area (Å²) in [6.07, 6.45) is 5.30. The van der Waals surface area contributed by atoms with Gasteiger partial charge < -0.3 is 10.1 Å². The highest BCUT2D eigenvalue weighted by Crippen LogP contribution is 2.23. The molecule has 1 fully saturated rings. The SMILES string of the molecule is CNC(CCC1CCCO1)c1ccccc1. The van der Waals surface area contributed by atoms with Crippen molar-refractivity contribution in [1.82, 2.24) is 5.32 Å². The molecule has 1 saturated heterocycles. The van der Waals surface area contributed by atoms with Gasteiger partial charge in [0.15, 0.2) is 0 Å². The second-order valence-corrected chi connectivity index (χ2v) is 4.46. The molecular formula is C14H21NO. The summed E-state index contributed by atoms with van der Waals surface area (Å²) < 4.78 is 5.66. The summed E-state index contributed by atoms with van der Waals surface area (Å²) in [4.78, 5) is 0. The standard InChI is InChI=1S/C14H21NO/c1-15-14(12-6-3-2-4-7-12)10-9-13-8-5-11-16-13/h2-4,6-7,13-15H,5,8-11H2,1H3. The molecule has 1 aromatic rings. The Hall–Kier alpha value is -0.860. The van der Waals surface area contributed by atoms with Gasteiger partial charge in [-0.1, -0.05) is 30.3 Å². The van der Waals surface area contributed by atoms with Crippen molar-refractivity contribution >= 4 is 0 Å². The molecule has 1 aromatic carbocycles. The lowest BCUT2D eigenvalue weighted by atomic mass is 9.99. The Morgan fingerprint density at radius 1 is 1.38 bits per heavy atom. The highest BCUT2D eigenvalue weighted by atomic mass is 16.5. The first-order chi connectivity index (χ1) is 7.90. The minimum Gasteiger partial charge on any atom is -0.378 e. The fraction of sp³-hybridized carbons (Fsp3) is 0.571. The average molecular weight is 219 g/mol. The largest absolute Gasteiger partial charge is 0.378 e. The van der Waals surface area contributed by atoms with E-state index in [-0.39, 0.29) is 0 Å². The molecule has 1 aliphatic heterocycles. The van der Waals surface area contributed by atoms with Crippen molar-refractivity contribution in [2.24, 2.45) is 0 Å². The van der Waals surface area contributed by atoms with E-state index in [0.717, 1.165) is 13.0 Å². The first-order valence-electron chi connectivity index (χ1n) is 6.24. The molecule has 2 unspecified atom stereocenters. The molecule has 0 aromatic heterocycles. The van der Waals surface area contributed by atoms with Gasteiger partial charge >= 0.3 is 0 Å². The van der Waals surface area contributed by atoms with Crippen LogP contribution in [0.1, 0.15) is 37.3 Å². The maximum atomic E-state index is 5.66. The third kappa shape index (κ3) is 3.06. The Balaban J connectivity index is 1.85. The van der Waals surface area contributed by atoms with Crippen LogP contribution in [0.5, 0.6) is 0 Å². The molecule has 16 heavy (non-hydrogen) atoms. The number of benzene rings is 1. The molecule has 2 atom stereocenters. The molecule has 0 bridgehead atoms. The van der Waals surface area contributed by atoms with Crippen molar-refractivity contribution in [1.29, 1.82) is 0 Å². The van der Waals surface area contributed by atoms with Crippen molar-refractivity contribution in [2.45, 2.75) is 37.8 Å². The molecule has 0 radical (unpaired) electrons. The van der Waals surface area contributed by atoms with E-state index in [0.29, 0.717) is 12.1 Å². The molecule has 1 N–H and O–H groups in total. The predicted molar refractivity (Wildman–Crippen MR) is 66.5 cm³/mol. The second-order valence-electron chi connectivity index (χ2n) is 4.46. The molecule has 1 heterocycles. The maximum Gasteiger partial charge on any atom is 0.0576 e. The van der Waals surface area contributed by atoms with E-state index in [4.69, 9.17) is 4.74 Å². The normalized spacial score (nSPS) is 22.2. The lowest BCUT2D eigenvalue weighted by Gasteiger charge is -2.18. The van der Waals surface area contributed by atoms with Gasteiger partial charge in [0.05, 0.1) is 6.10 Å². The first-order valence-corrected chi connectivity index (χ1v) is 6.24. The number of hydrogen-bond donors (Lipinski definition) is 1. The van der Waals surface area contributed by atoms with E-state index in [1.165, 1.54) is 24.8 Å². The highest BCUT2D eigenvalue weighted by Gasteiger charge is 2.17. The lowest BCUT2D eigenvalue weighted by Crippen LogP contribution is -2.18. The molecule has 0 aliphatic carbocycles. The van der Waals surface area contributed by atoms with E-state index < -0.39 is 0 Å². The minimum atomic E-state index is 0.463. The third-order valence-electron chi connectivity index (χ3n) is 3.35. The van der Waals surface area contributed by atoms with Crippen LogP contribution >= 0.6 is 0 Å². The number of ether oxygens (including phenoxy) is 1. The van der Waals surface area contributed by atoms with Gasteiger partial charge in [0.2, 0.25) is 0 Å². The molecule has 2 rings (SSSR count). The van der Waals surface area contributed by atoms with Crippen LogP contribution in [0.3, 0.4) is 0 Å². The number of nitrogens with one attached hydrogen (secondary N) is 1. The summed E-state index contributed by atoms with van der Waals surface area (Å²) in [6.45, 7) is 0.959. The van der Waals surface area contributed by atoms with Gasteiger partial charge in [0.1, 0.15) is 0 Å². The Kier molecular flexibility index (Phi) is 4.37. The zero-order valence-corrected chi connectivity index (χ0v) is 9.99. The molecule has 1 aliphatic rings. The van der Waals surface area contributed by atoms with Crippen molar-refractivity contribution in [3.05, 3.63) is 35.9 Å². The zero-order valence-electron chi connectivity index (χ0n) is 9.99. The van der Waals surface area contributed by atoms with Gasteiger partial charge in [0, 0.05) is 12.6 Å². The van der Waals surface area contributed by atoms with Crippen LogP contribution in [-0.4, -0.2) is 19.8 Å². The zero-order chi connectivity index (χ0) is 11.2. The minimum absolute atomic E-state index is 0.463. The van der Waals surface area contributed by atoms with Crippen LogP contribution in [0.4, 0.5) is 0 Å². The number of hydrogen-bond acceptors (Lipinski definition) is 2. The van der Waals surface area contributed by atoms with Gasteiger partial charge in [-0.15, -0.1) is 0 Å². The van der Waals surface area contributed by atoms with Crippen LogP contribution in [0.2, 0.25) is 0 Å².